The first kappa shape index (κ1) is 20.6. The van der Waals surface area contributed by atoms with Gasteiger partial charge in [-0.3, -0.25) is 0 Å². The maximum atomic E-state index is 13.4. The number of H-pyrrole nitrogens is 1. The fraction of sp³-hybridized carbons (Fsp3) is 0.318. The largest absolute Gasteiger partial charge is 0.361 e. The second-order valence-electron chi connectivity index (χ2n) is 7.53. The molecule has 4 rings (SSSR count). The van der Waals surface area contributed by atoms with E-state index in [1.165, 1.54) is 9.87 Å². The molecule has 0 saturated carbocycles. The number of fused-ring (bicyclic) bond motifs is 1. The number of aryl methyl sites for hydroxylation is 1. The van der Waals surface area contributed by atoms with Crippen molar-refractivity contribution in [1.29, 1.82) is 0 Å². The summed E-state index contributed by atoms with van der Waals surface area (Å²) in [6.45, 7) is 0.978. The van der Waals surface area contributed by atoms with Crippen LogP contribution in [0.1, 0.15) is 23.2 Å². The highest BCUT2D eigenvalue weighted by molar-refractivity contribution is 7.88. The predicted molar refractivity (Wildman–Crippen MR) is 115 cm³/mol. The van der Waals surface area contributed by atoms with Crippen molar-refractivity contribution in [2.45, 2.75) is 32.0 Å². The Bertz CT molecular complexity index is 1060. The highest BCUT2D eigenvalue weighted by Crippen LogP contribution is 2.32. The average molecular weight is 429 g/mol. The molecule has 1 N–H and O–H groups in total. The molecule has 0 radical (unpaired) electrons. The minimum Gasteiger partial charge on any atom is -0.361 e. The maximum Gasteiger partial charge on any atom is 0.243 e. The Morgan fingerprint density at radius 1 is 1.10 bits per heavy atom. The molecule has 2 aromatic carbocycles. The Morgan fingerprint density at radius 2 is 1.87 bits per heavy atom. The van der Waals surface area contributed by atoms with Gasteiger partial charge in [-0.05, 0) is 30.0 Å². The number of imidazole rings is 1. The molecular weight excluding hydrogens is 403 g/mol. The van der Waals surface area contributed by atoms with Crippen molar-refractivity contribution in [3.8, 4) is 0 Å². The van der Waals surface area contributed by atoms with Gasteiger partial charge in [0.25, 0.3) is 0 Å². The number of aromatic nitrogens is 2. The zero-order valence-electron chi connectivity index (χ0n) is 16.6. The zero-order valence-corrected chi connectivity index (χ0v) is 17.4. The van der Waals surface area contributed by atoms with Crippen LogP contribution in [0, 0.1) is 0 Å². The first-order valence-corrected chi connectivity index (χ1v) is 11.6. The zero-order chi connectivity index (χ0) is 21.0. The Balaban J connectivity index is 1.70. The van der Waals surface area contributed by atoms with Crippen molar-refractivity contribution in [2.75, 3.05) is 17.5 Å². The number of halogens is 1. The van der Waals surface area contributed by atoms with Gasteiger partial charge in [0.15, 0.2) is 0 Å². The van der Waals surface area contributed by atoms with Crippen LogP contribution in [0.2, 0.25) is 0 Å². The summed E-state index contributed by atoms with van der Waals surface area (Å²) in [5, 5.41) is 0. The van der Waals surface area contributed by atoms with E-state index in [0.29, 0.717) is 6.54 Å². The smallest absolute Gasteiger partial charge is 0.243 e. The van der Waals surface area contributed by atoms with Crippen LogP contribution in [0.5, 0.6) is 0 Å². The molecule has 3 aromatic rings. The van der Waals surface area contributed by atoms with Crippen LogP contribution in [0.4, 0.5) is 10.1 Å². The fourth-order valence-electron chi connectivity index (χ4n) is 3.98. The lowest BCUT2D eigenvalue weighted by Crippen LogP contribution is -2.44. The average Bonchev–Trinajstić information content (AvgIpc) is 3.23. The quantitative estimate of drug-likeness (QED) is 0.626. The predicted octanol–water partition coefficient (Wildman–Crippen LogP) is 3.49. The molecular formula is C22H25FN4O2S. The lowest BCUT2D eigenvalue weighted by Gasteiger charge is -2.34. The Hall–Kier alpha value is -2.71. The summed E-state index contributed by atoms with van der Waals surface area (Å²) in [5.41, 5.74) is 3.98. The van der Waals surface area contributed by atoms with Crippen LogP contribution in [-0.2, 0) is 29.5 Å². The third kappa shape index (κ3) is 4.55. The third-order valence-electron chi connectivity index (χ3n) is 5.54. The molecule has 0 fully saturated rings. The minimum atomic E-state index is -3.97. The Kier molecular flexibility index (Phi) is 6.15. The normalized spacial score (nSPS) is 17.5. The highest BCUT2D eigenvalue weighted by atomic mass is 32.2. The molecule has 6 nitrogen and oxygen atoms in total. The van der Waals surface area contributed by atoms with E-state index in [-0.39, 0.29) is 19.1 Å². The number of aromatic amines is 1. The van der Waals surface area contributed by atoms with E-state index in [1.54, 1.807) is 12.5 Å². The van der Waals surface area contributed by atoms with Crippen LogP contribution >= 0.6 is 0 Å². The van der Waals surface area contributed by atoms with Gasteiger partial charge >= 0.3 is 0 Å². The Morgan fingerprint density at radius 3 is 2.60 bits per heavy atom. The van der Waals surface area contributed by atoms with Crippen LogP contribution in [0.15, 0.2) is 67.1 Å². The van der Waals surface area contributed by atoms with Gasteiger partial charge in [-0.15, -0.1) is 0 Å². The van der Waals surface area contributed by atoms with E-state index < -0.39 is 16.0 Å². The topological polar surface area (TPSA) is 69.3 Å². The molecule has 0 amide bonds. The summed E-state index contributed by atoms with van der Waals surface area (Å²) in [6.07, 6.45) is 4.96. The molecule has 30 heavy (non-hydrogen) atoms. The molecule has 1 aliphatic rings. The van der Waals surface area contributed by atoms with Gasteiger partial charge in [0.05, 0.1) is 18.6 Å². The first-order valence-electron chi connectivity index (χ1n) is 9.96. The fourth-order valence-corrected chi connectivity index (χ4v) is 4.86. The monoisotopic (exact) mass is 428 g/mol. The van der Waals surface area contributed by atoms with E-state index in [1.807, 2.05) is 42.5 Å². The van der Waals surface area contributed by atoms with Gasteiger partial charge in [0.1, 0.15) is 0 Å². The number of hydrogen-bond donors (Lipinski definition) is 1. The maximum absolute atomic E-state index is 13.4. The van der Waals surface area contributed by atoms with Crippen LogP contribution in [-0.4, -0.2) is 41.3 Å². The van der Waals surface area contributed by atoms with Gasteiger partial charge < -0.3 is 9.88 Å². The molecule has 0 bridgehead atoms. The third-order valence-corrected chi connectivity index (χ3v) is 6.88. The van der Waals surface area contributed by atoms with Crippen LogP contribution < -0.4 is 4.90 Å². The Labute approximate surface area is 176 Å². The molecule has 0 aliphatic carbocycles. The van der Waals surface area contributed by atoms with Crippen molar-refractivity contribution in [3.05, 3.63) is 83.9 Å². The van der Waals surface area contributed by atoms with E-state index >= 15 is 0 Å². The molecule has 1 aromatic heterocycles. The van der Waals surface area contributed by atoms with E-state index in [0.717, 1.165) is 29.8 Å². The lowest BCUT2D eigenvalue weighted by molar-refractivity contribution is 0.361. The van der Waals surface area contributed by atoms with Crippen LogP contribution in [0.25, 0.3) is 0 Å². The standard InChI is InChI=1S/C22H25FN4O2S/c23-16-30(28,29)26-13-19-8-4-5-9-22(19)27(14-20-12-24-17-25-20)21(15-26)11-10-18-6-2-1-3-7-18/h1-9,12,17,21H,10-11,13-16H2,(H,24,25)/t21-/m0/s1. The molecule has 0 unspecified atom stereocenters. The van der Waals surface area contributed by atoms with E-state index in [4.69, 9.17) is 0 Å². The summed E-state index contributed by atoms with van der Waals surface area (Å²) in [4.78, 5) is 9.47. The summed E-state index contributed by atoms with van der Waals surface area (Å²) in [6, 6.07) is 16.4. The summed E-state index contributed by atoms with van der Waals surface area (Å²) >= 11 is 0. The molecule has 1 atom stereocenters. The number of nitrogens with one attached hydrogen (secondary N) is 1. The number of sulfonamides is 1. The number of anilines is 1. The number of rotatable bonds is 7. The van der Waals surface area contributed by atoms with Crippen molar-refractivity contribution in [2.24, 2.45) is 0 Å². The number of para-hydroxylation sites is 1. The second-order valence-corrected chi connectivity index (χ2v) is 9.42. The van der Waals surface area contributed by atoms with E-state index in [2.05, 4.69) is 27.0 Å². The molecule has 2 heterocycles. The first-order chi connectivity index (χ1) is 14.6. The number of hydrogen-bond acceptors (Lipinski definition) is 4. The summed E-state index contributed by atoms with van der Waals surface area (Å²) in [7, 11) is -3.97. The van der Waals surface area contributed by atoms with E-state index in [9.17, 15) is 12.8 Å². The second kappa shape index (κ2) is 8.97. The van der Waals surface area contributed by atoms with Gasteiger partial charge in [0, 0.05) is 31.0 Å². The SMILES string of the molecule is O=S(=O)(CF)N1Cc2ccccc2N(Cc2cnc[nH]2)[C@@H](CCc2ccccc2)C1. The van der Waals surface area contributed by atoms with Crippen molar-refractivity contribution in [3.63, 3.8) is 0 Å². The minimum absolute atomic E-state index is 0.113. The number of nitrogens with zero attached hydrogens (tertiary/aromatic N) is 3. The lowest BCUT2D eigenvalue weighted by atomic mass is 10.0. The van der Waals surface area contributed by atoms with Gasteiger partial charge in [-0.1, -0.05) is 48.5 Å². The molecule has 8 heteroatoms. The molecule has 0 spiro atoms. The summed E-state index contributed by atoms with van der Waals surface area (Å²) < 4.78 is 39.6. The van der Waals surface area contributed by atoms with Crippen LogP contribution in [0.3, 0.4) is 0 Å². The molecule has 0 saturated heterocycles. The van der Waals surface area contributed by atoms with Gasteiger partial charge in [-0.25, -0.2) is 17.8 Å². The van der Waals surface area contributed by atoms with Crippen molar-refractivity contribution in [1.82, 2.24) is 14.3 Å². The van der Waals surface area contributed by atoms with Gasteiger partial charge in [-0.2, -0.15) is 4.31 Å². The highest BCUT2D eigenvalue weighted by Gasteiger charge is 2.33. The number of alkyl halides is 1. The summed E-state index contributed by atoms with van der Waals surface area (Å²) in [5.74, 6) is 0. The molecule has 1 aliphatic heterocycles. The van der Waals surface area contributed by atoms with Gasteiger partial charge in [0.2, 0.25) is 16.0 Å². The van der Waals surface area contributed by atoms with Crippen molar-refractivity contribution >= 4 is 15.7 Å². The molecule has 158 valence electrons. The van der Waals surface area contributed by atoms with Crippen molar-refractivity contribution < 1.29 is 12.8 Å². The number of benzene rings is 2.